The zero-order valence-corrected chi connectivity index (χ0v) is 42.8. The summed E-state index contributed by atoms with van der Waals surface area (Å²) in [7, 11) is 1.51. The standard InChI is InChI=1S/C52H103N2O7P/c1-7-10-13-16-19-22-25-27-30-33-36-39-42-45-52(56)61-50(43-40-37-34-31-29-26-23-20-17-14-11-8-2)49(48-60-62(57,58)59-47-46-54(4,5)6)53-51(55)44-41-38-35-32-28-24-21-18-15-12-9-3/h40,43,49-50H,7-39,41-42,44-48H2,1-6H3,(H-,53,55,57,58)/p+1/b43-40+. The van der Waals surface area contributed by atoms with Gasteiger partial charge in [0.25, 0.3) is 0 Å². The van der Waals surface area contributed by atoms with Crippen LogP contribution in [0.4, 0.5) is 0 Å². The van der Waals surface area contributed by atoms with Gasteiger partial charge in [0.1, 0.15) is 19.3 Å². The monoisotopic (exact) mass is 900 g/mol. The van der Waals surface area contributed by atoms with Crippen molar-refractivity contribution in [1.82, 2.24) is 5.32 Å². The van der Waals surface area contributed by atoms with Gasteiger partial charge in [-0.15, -0.1) is 0 Å². The molecule has 0 spiro atoms. The Balaban J connectivity index is 5.40. The summed E-state index contributed by atoms with van der Waals surface area (Å²) in [5, 5.41) is 3.04. The summed E-state index contributed by atoms with van der Waals surface area (Å²) in [4.78, 5) is 37.4. The minimum atomic E-state index is -4.43. The minimum Gasteiger partial charge on any atom is -0.456 e. The molecule has 3 atom stereocenters. The van der Waals surface area contributed by atoms with Crippen molar-refractivity contribution < 1.29 is 37.3 Å². The number of quaternary nitrogens is 1. The Morgan fingerprint density at radius 2 is 0.919 bits per heavy atom. The van der Waals surface area contributed by atoms with Gasteiger partial charge in [0, 0.05) is 12.8 Å². The lowest BCUT2D eigenvalue weighted by molar-refractivity contribution is -0.870. The van der Waals surface area contributed by atoms with Crippen LogP contribution in [0.15, 0.2) is 12.2 Å². The molecule has 0 saturated carbocycles. The average molecular weight is 900 g/mol. The highest BCUT2D eigenvalue weighted by Crippen LogP contribution is 2.43. The number of unbranched alkanes of at least 4 members (excludes halogenated alkanes) is 32. The molecular formula is C52H104N2O7P+. The highest BCUT2D eigenvalue weighted by atomic mass is 31.2. The van der Waals surface area contributed by atoms with Gasteiger partial charge in [-0.1, -0.05) is 226 Å². The second kappa shape index (κ2) is 43.6. The Bertz CT molecular complexity index is 1080. The first-order chi connectivity index (χ1) is 29.9. The maximum Gasteiger partial charge on any atom is 0.472 e. The number of phosphoric ester groups is 1. The van der Waals surface area contributed by atoms with E-state index in [-0.39, 0.29) is 25.1 Å². The molecule has 62 heavy (non-hydrogen) atoms. The fourth-order valence-corrected chi connectivity index (χ4v) is 8.56. The largest absolute Gasteiger partial charge is 0.472 e. The lowest BCUT2D eigenvalue weighted by atomic mass is 10.0. The van der Waals surface area contributed by atoms with Crippen LogP contribution >= 0.6 is 7.82 Å². The zero-order chi connectivity index (χ0) is 45.8. The molecule has 1 amide bonds. The minimum absolute atomic E-state index is 0.0451. The fraction of sp³-hybridized carbons (Fsp3) is 0.923. The Hall–Kier alpha value is -1.25. The second-order valence-electron chi connectivity index (χ2n) is 19.4. The number of phosphoric acid groups is 1. The average Bonchev–Trinajstić information content (AvgIpc) is 3.22. The Kier molecular flexibility index (Phi) is 42.8. The predicted molar refractivity (Wildman–Crippen MR) is 263 cm³/mol. The molecule has 0 aliphatic heterocycles. The molecule has 368 valence electrons. The molecule has 0 aromatic rings. The van der Waals surface area contributed by atoms with Crippen molar-refractivity contribution in [1.29, 1.82) is 0 Å². The van der Waals surface area contributed by atoms with E-state index < -0.39 is 20.0 Å². The van der Waals surface area contributed by atoms with Gasteiger partial charge < -0.3 is 19.4 Å². The van der Waals surface area contributed by atoms with Crippen LogP contribution in [-0.4, -0.2) is 74.3 Å². The number of likely N-dealkylation sites (N-methyl/N-ethyl adjacent to an activating group) is 1. The maximum atomic E-state index is 13.4. The van der Waals surface area contributed by atoms with Crippen molar-refractivity contribution in [2.24, 2.45) is 0 Å². The number of amides is 1. The molecule has 0 aliphatic rings. The Labute approximate surface area is 384 Å². The summed E-state index contributed by atoms with van der Waals surface area (Å²) in [6.45, 7) is 7.01. The number of nitrogens with zero attached hydrogens (tertiary/aromatic N) is 1. The molecule has 0 aliphatic carbocycles. The third-order valence-electron chi connectivity index (χ3n) is 12.0. The van der Waals surface area contributed by atoms with E-state index in [1.165, 1.54) is 167 Å². The van der Waals surface area contributed by atoms with Crippen LogP contribution in [0.25, 0.3) is 0 Å². The number of carbonyl (C=O) groups is 2. The molecule has 0 bridgehead atoms. The normalized spacial score (nSPS) is 14.0. The van der Waals surface area contributed by atoms with Gasteiger partial charge in [-0.2, -0.15) is 0 Å². The van der Waals surface area contributed by atoms with Gasteiger partial charge in [-0.05, 0) is 31.8 Å². The molecule has 0 radical (unpaired) electrons. The van der Waals surface area contributed by atoms with E-state index in [1.807, 2.05) is 33.3 Å². The van der Waals surface area contributed by atoms with Gasteiger partial charge in [0.05, 0.1) is 33.8 Å². The number of allylic oxidation sites excluding steroid dienone is 1. The van der Waals surface area contributed by atoms with Gasteiger partial charge in [-0.25, -0.2) is 4.57 Å². The van der Waals surface area contributed by atoms with Crippen LogP contribution < -0.4 is 5.32 Å². The van der Waals surface area contributed by atoms with Crippen LogP contribution in [-0.2, 0) is 27.9 Å². The number of hydrogen-bond acceptors (Lipinski definition) is 6. The van der Waals surface area contributed by atoms with E-state index >= 15 is 0 Å². The first kappa shape index (κ1) is 60.8. The quantitative estimate of drug-likeness (QED) is 0.0206. The van der Waals surface area contributed by atoms with Crippen LogP contribution in [0, 0.1) is 0 Å². The van der Waals surface area contributed by atoms with E-state index in [2.05, 4.69) is 26.1 Å². The summed E-state index contributed by atoms with van der Waals surface area (Å²) in [5.74, 6) is -0.494. The lowest BCUT2D eigenvalue weighted by Crippen LogP contribution is -2.47. The van der Waals surface area contributed by atoms with Gasteiger partial charge in [0.15, 0.2) is 0 Å². The molecule has 0 aromatic heterocycles. The zero-order valence-electron chi connectivity index (χ0n) is 41.9. The predicted octanol–water partition coefficient (Wildman–Crippen LogP) is 15.3. The van der Waals surface area contributed by atoms with E-state index in [9.17, 15) is 19.0 Å². The highest BCUT2D eigenvalue weighted by Gasteiger charge is 2.30. The molecule has 2 N–H and O–H groups in total. The number of ether oxygens (including phenoxy) is 1. The molecule has 0 fully saturated rings. The number of rotatable bonds is 48. The molecule has 9 nitrogen and oxygen atoms in total. The highest BCUT2D eigenvalue weighted by molar-refractivity contribution is 7.47. The van der Waals surface area contributed by atoms with Gasteiger partial charge in [-0.3, -0.25) is 18.6 Å². The molecular weight excluding hydrogens is 796 g/mol. The van der Waals surface area contributed by atoms with Crippen molar-refractivity contribution >= 4 is 19.7 Å². The third-order valence-corrected chi connectivity index (χ3v) is 13.0. The van der Waals surface area contributed by atoms with Crippen molar-refractivity contribution in [2.45, 2.75) is 270 Å². The summed E-state index contributed by atoms with van der Waals surface area (Å²) in [6, 6.07) is -0.836. The Morgan fingerprint density at radius 3 is 1.32 bits per heavy atom. The molecule has 0 heterocycles. The van der Waals surface area contributed by atoms with Crippen molar-refractivity contribution in [3.8, 4) is 0 Å². The number of esters is 1. The molecule has 0 rings (SSSR count). The van der Waals surface area contributed by atoms with Crippen molar-refractivity contribution in [2.75, 3.05) is 40.9 Å². The second-order valence-corrected chi connectivity index (χ2v) is 20.9. The summed E-state index contributed by atoms with van der Waals surface area (Å²) >= 11 is 0. The van der Waals surface area contributed by atoms with Gasteiger partial charge >= 0.3 is 13.8 Å². The summed E-state index contributed by atoms with van der Waals surface area (Å²) in [5.41, 5.74) is 0. The first-order valence-electron chi connectivity index (χ1n) is 26.5. The van der Waals surface area contributed by atoms with Crippen LogP contribution in [0.2, 0.25) is 0 Å². The first-order valence-corrected chi connectivity index (χ1v) is 28.0. The van der Waals surface area contributed by atoms with Crippen molar-refractivity contribution in [3.63, 3.8) is 0 Å². The smallest absolute Gasteiger partial charge is 0.456 e. The Morgan fingerprint density at radius 1 is 0.548 bits per heavy atom. The third kappa shape index (κ3) is 44.0. The van der Waals surface area contributed by atoms with E-state index in [0.717, 1.165) is 57.8 Å². The number of hydrogen-bond donors (Lipinski definition) is 2. The molecule has 3 unspecified atom stereocenters. The van der Waals surface area contributed by atoms with Crippen molar-refractivity contribution in [3.05, 3.63) is 12.2 Å². The van der Waals surface area contributed by atoms with Crippen LogP contribution in [0.3, 0.4) is 0 Å². The lowest BCUT2D eigenvalue weighted by Gasteiger charge is -2.27. The SMILES string of the molecule is CCCCCCCCCCCC/C=C/C(OC(=O)CCCCCCCCCCCCCCC)C(COP(=O)(O)OCC[N+](C)(C)C)NC(=O)CCCCCCCCCCCCC. The number of carbonyl (C=O) groups excluding carboxylic acids is 2. The molecule has 0 aromatic carbocycles. The summed E-state index contributed by atoms with van der Waals surface area (Å²) in [6.07, 6.45) is 46.2. The topological polar surface area (TPSA) is 111 Å². The maximum absolute atomic E-state index is 13.4. The number of nitrogens with one attached hydrogen (secondary N) is 1. The van der Waals surface area contributed by atoms with E-state index in [4.69, 9.17) is 13.8 Å². The van der Waals surface area contributed by atoms with E-state index in [0.29, 0.717) is 23.9 Å². The fourth-order valence-electron chi connectivity index (χ4n) is 7.82. The molecule has 10 heteroatoms. The van der Waals surface area contributed by atoms with Crippen LogP contribution in [0.5, 0.6) is 0 Å². The summed E-state index contributed by atoms with van der Waals surface area (Å²) < 4.78 is 30.5. The van der Waals surface area contributed by atoms with Gasteiger partial charge in [0.2, 0.25) is 5.91 Å². The molecule has 0 saturated heterocycles. The van der Waals surface area contributed by atoms with E-state index in [1.54, 1.807) is 0 Å². The van der Waals surface area contributed by atoms with Crippen LogP contribution in [0.1, 0.15) is 258 Å².